The van der Waals surface area contributed by atoms with Gasteiger partial charge in [-0.15, -0.1) is 0 Å². The fourth-order valence-corrected chi connectivity index (χ4v) is 2.62. The number of benzene rings is 1. The molecule has 0 saturated carbocycles. The molecule has 0 saturated heterocycles. The maximum absolute atomic E-state index is 11.8. The molecule has 1 aromatic heterocycles. The molecule has 2 heterocycles. The fourth-order valence-electron chi connectivity index (χ4n) is 2.62. The summed E-state index contributed by atoms with van der Waals surface area (Å²) >= 11 is 0. The van der Waals surface area contributed by atoms with Crippen LogP contribution in [0, 0.1) is 0 Å². The summed E-state index contributed by atoms with van der Waals surface area (Å²) in [5.41, 5.74) is 2.85. The molecule has 1 amide bonds. The summed E-state index contributed by atoms with van der Waals surface area (Å²) in [5, 5.41) is 0. The second kappa shape index (κ2) is 5.44. The average molecular weight is 285 g/mol. The third-order valence-electron chi connectivity index (χ3n) is 3.62. The molecule has 0 atom stereocenters. The molecule has 2 aromatic rings. The summed E-state index contributed by atoms with van der Waals surface area (Å²) in [4.78, 5) is 24.1. The van der Waals surface area contributed by atoms with E-state index in [2.05, 4.69) is 0 Å². The van der Waals surface area contributed by atoms with Gasteiger partial charge in [-0.3, -0.25) is 9.69 Å². The van der Waals surface area contributed by atoms with Crippen molar-refractivity contribution in [2.75, 3.05) is 18.6 Å². The topological polar surface area (TPSA) is 59.8 Å². The molecule has 5 nitrogen and oxygen atoms in total. The Labute approximate surface area is 122 Å². The molecule has 5 heteroatoms. The zero-order chi connectivity index (χ0) is 14.8. The molecule has 21 heavy (non-hydrogen) atoms. The molecule has 0 N–H and O–H groups in total. The number of hydrogen-bond donors (Lipinski definition) is 0. The number of aldehydes is 1. The molecule has 0 spiro atoms. The van der Waals surface area contributed by atoms with Gasteiger partial charge in [0.1, 0.15) is 5.76 Å². The van der Waals surface area contributed by atoms with Crippen LogP contribution in [0.4, 0.5) is 10.5 Å². The van der Waals surface area contributed by atoms with Crippen LogP contribution in [-0.2, 0) is 11.2 Å². The zero-order valence-electron chi connectivity index (χ0n) is 11.7. The van der Waals surface area contributed by atoms with E-state index in [0.29, 0.717) is 24.4 Å². The third-order valence-corrected chi connectivity index (χ3v) is 3.62. The Morgan fingerprint density at radius 3 is 2.90 bits per heavy atom. The number of carbonyl (C=O) groups is 2. The Kier molecular flexibility index (Phi) is 3.48. The third kappa shape index (κ3) is 2.42. The van der Waals surface area contributed by atoms with Gasteiger partial charge in [0, 0.05) is 12.1 Å². The summed E-state index contributed by atoms with van der Waals surface area (Å²) in [6, 6.07) is 9.18. The van der Waals surface area contributed by atoms with E-state index in [-0.39, 0.29) is 6.09 Å². The van der Waals surface area contributed by atoms with Crippen molar-refractivity contribution in [3.05, 3.63) is 41.7 Å². The molecule has 1 aliphatic heterocycles. The van der Waals surface area contributed by atoms with E-state index >= 15 is 0 Å². The van der Waals surface area contributed by atoms with Crippen LogP contribution in [0.25, 0.3) is 11.3 Å². The predicted molar refractivity (Wildman–Crippen MR) is 77.6 cm³/mol. The highest BCUT2D eigenvalue weighted by Crippen LogP contribution is 2.32. The van der Waals surface area contributed by atoms with E-state index in [1.807, 2.05) is 18.2 Å². The van der Waals surface area contributed by atoms with Crippen molar-refractivity contribution in [2.24, 2.45) is 0 Å². The molecule has 0 fully saturated rings. The van der Waals surface area contributed by atoms with Gasteiger partial charge in [0.05, 0.1) is 12.8 Å². The fraction of sp³-hybridized carbons (Fsp3) is 0.250. The van der Waals surface area contributed by atoms with Crippen LogP contribution in [0.5, 0.6) is 0 Å². The molecule has 1 aromatic carbocycles. The number of furan rings is 1. The number of amides is 1. The van der Waals surface area contributed by atoms with Crippen LogP contribution in [0.15, 0.2) is 34.7 Å². The first kappa shape index (κ1) is 13.4. The molecule has 0 unspecified atom stereocenters. The van der Waals surface area contributed by atoms with E-state index in [0.717, 1.165) is 29.7 Å². The van der Waals surface area contributed by atoms with Gasteiger partial charge in [-0.2, -0.15) is 0 Å². The summed E-state index contributed by atoms with van der Waals surface area (Å²) in [6.07, 6.45) is 2.13. The maximum Gasteiger partial charge on any atom is 0.414 e. The molecule has 0 aliphatic carbocycles. The van der Waals surface area contributed by atoms with Crippen LogP contribution in [0.2, 0.25) is 0 Å². The normalized spacial score (nSPS) is 13.7. The van der Waals surface area contributed by atoms with Crippen molar-refractivity contribution in [3.8, 4) is 11.3 Å². The van der Waals surface area contributed by atoms with Gasteiger partial charge in [0.25, 0.3) is 0 Å². The summed E-state index contributed by atoms with van der Waals surface area (Å²) in [5.74, 6) is 0.953. The Morgan fingerprint density at radius 1 is 1.33 bits per heavy atom. The van der Waals surface area contributed by atoms with Crippen LogP contribution in [0.3, 0.4) is 0 Å². The molecule has 0 bridgehead atoms. The summed E-state index contributed by atoms with van der Waals surface area (Å²) in [7, 11) is 1.38. The van der Waals surface area contributed by atoms with Crippen LogP contribution >= 0.6 is 0 Å². The van der Waals surface area contributed by atoms with Gasteiger partial charge in [0.15, 0.2) is 12.0 Å². The lowest BCUT2D eigenvalue weighted by Crippen LogP contribution is -2.35. The number of aryl methyl sites for hydroxylation is 1. The van der Waals surface area contributed by atoms with Gasteiger partial charge in [-0.05, 0) is 48.7 Å². The molecular formula is C16H15NO4. The van der Waals surface area contributed by atoms with E-state index in [1.165, 1.54) is 7.11 Å². The molecular weight excluding hydrogens is 270 g/mol. The van der Waals surface area contributed by atoms with Crippen molar-refractivity contribution in [2.45, 2.75) is 12.8 Å². The maximum atomic E-state index is 11.8. The smallest absolute Gasteiger partial charge is 0.414 e. The van der Waals surface area contributed by atoms with Crippen molar-refractivity contribution < 1.29 is 18.7 Å². The number of methoxy groups -OCH3 is 1. The second-order valence-corrected chi connectivity index (χ2v) is 4.89. The highest BCUT2D eigenvalue weighted by atomic mass is 16.5. The lowest BCUT2D eigenvalue weighted by Gasteiger charge is -2.28. The molecule has 108 valence electrons. The predicted octanol–water partition coefficient (Wildman–Crippen LogP) is 3.28. The Morgan fingerprint density at radius 2 is 2.19 bits per heavy atom. The Hall–Kier alpha value is -2.56. The van der Waals surface area contributed by atoms with E-state index < -0.39 is 0 Å². The van der Waals surface area contributed by atoms with Gasteiger partial charge in [-0.1, -0.05) is 0 Å². The van der Waals surface area contributed by atoms with Gasteiger partial charge in [-0.25, -0.2) is 4.79 Å². The zero-order valence-corrected chi connectivity index (χ0v) is 11.7. The molecule has 3 rings (SSSR count). The first-order valence-corrected chi connectivity index (χ1v) is 6.76. The Balaban J connectivity index is 1.97. The number of rotatable bonds is 2. The highest BCUT2D eigenvalue weighted by Gasteiger charge is 2.23. The quantitative estimate of drug-likeness (QED) is 0.794. The number of anilines is 1. The molecule has 1 aliphatic rings. The largest absolute Gasteiger partial charge is 0.453 e. The van der Waals surface area contributed by atoms with Crippen LogP contribution < -0.4 is 4.90 Å². The minimum absolute atomic E-state index is 0.305. The van der Waals surface area contributed by atoms with Crippen molar-refractivity contribution in [3.63, 3.8) is 0 Å². The standard InChI is InChI=1S/C16H15NO4/c1-20-16(19)17-8-2-3-11-9-12(4-6-14(11)17)15-7-5-13(10-18)21-15/h4-7,9-10H,2-3,8H2,1H3. The summed E-state index contributed by atoms with van der Waals surface area (Å²) < 4.78 is 10.2. The van der Waals surface area contributed by atoms with Crippen molar-refractivity contribution >= 4 is 18.1 Å². The van der Waals surface area contributed by atoms with Crippen LogP contribution in [-0.4, -0.2) is 26.0 Å². The van der Waals surface area contributed by atoms with Gasteiger partial charge in [0.2, 0.25) is 0 Å². The monoisotopic (exact) mass is 285 g/mol. The first-order valence-electron chi connectivity index (χ1n) is 6.76. The lowest BCUT2D eigenvalue weighted by atomic mass is 9.99. The second-order valence-electron chi connectivity index (χ2n) is 4.89. The average Bonchev–Trinajstić information content (AvgIpc) is 3.02. The number of carbonyl (C=O) groups excluding carboxylic acids is 2. The summed E-state index contributed by atoms with van der Waals surface area (Å²) in [6.45, 7) is 0.662. The first-order chi connectivity index (χ1) is 10.2. The molecule has 0 radical (unpaired) electrons. The van der Waals surface area contributed by atoms with E-state index in [4.69, 9.17) is 9.15 Å². The van der Waals surface area contributed by atoms with Crippen LogP contribution in [0.1, 0.15) is 22.5 Å². The number of hydrogen-bond acceptors (Lipinski definition) is 4. The highest BCUT2D eigenvalue weighted by molar-refractivity contribution is 5.89. The minimum atomic E-state index is -0.343. The van der Waals surface area contributed by atoms with Gasteiger partial charge >= 0.3 is 6.09 Å². The van der Waals surface area contributed by atoms with Gasteiger partial charge < -0.3 is 9.15 Å². The number of ether oxygens (including phenoxy) is 1. The van der Waals surface area contributed by atoms with Crippen molar-refractivity contribution in [1.29, 1.82) is 0 Å². The number of fused-ring (bicyclic) bond motifs is 1. The van der Waals surface area contributed by atoms with E-state index in [1.54, 1.807) is 17.0 Å². The van der Waals surface area contributed by atoms with Crippen molar-refractivity contribution in [1.82, 2.24) is 0 Å². The SMILES string of the molecule is COC(=O)N1CCCc2cc(-c3ccc(C=O)o3)ccc21. The lowest BCUT2D eigenvalue weighted by molar-refractivity contribution is 0.110. The minimum Gasteiger partial charge on any atom is -0.453 e. The number of nitrogens with zero attached hydrogens (tertiary/aromatic N) is 1. The van der Waals surface area contributed by atoms with E-state index in [9.17, 15) is 9.59 Å². The Bertz CT molecular complexity index is 689.